The number of ether oxygens (including phenoxy) is 2. The van der Waals surface area contributed by atoms with Crippen molar-refractivity contribution in [3.63, 3.8) is 0 Å². The van der Waals surface area contributed by atoms with Crippen LogP contribution in [-0.4, -0.2) is 38.1 Å². The van der Waals surface area contributed by atoms with Gasteiger partial charge in [-0.2, -0.15) is 0 Å². The molecule has 53 heavy (non-hydrogen) atoms. The van der Waals surface area contributed by atoms with E-state index >= 15 is 0 Å². The van der Waals surface area contributed by atoms with Gasteiger partial charge in [0.25, 0.3) is 0 Å². The summed E-state index contributed by atoms with van der Waals surface area (Å²) < 4.78 is 45.7. The number of hydrogen-bond acceptors (Lipinski definition) is 7. The summed E-state index contributed by atoms with van der Waals surface area (Å²) in [6.07, 6.45) is 42.2. The van der Waals surface area contributed by atoms with E-state index in [-0.39, 0.29) is 75.7 Å². The van der Waals surface area contributed by atoms with Crippen LogP contribution in [0, 0.1) is 0 Å². The third-order valence-corrected chi connectivity index (χ3v) is 10.4. The van der Waals surface area contributed by atoms with Gasteiger partial charge in [-0.3, -0.25) is 0 Å². The Morgan fingerprint density at radius 1 is 0.509 bits per heavy atom. The minimum Gasteiger partial charge on any atom is -0.744 e. The zero-order chi connectivity index (χ0) is 38.0. The third kappa shape index (κ3) is 30.1. The number of carbonyl (C=O) groups excluding carboxylic acids is 2. The molecule has 9 heteroatoms. The van der Waals surface area contributed by atoms with Crippen LogP contribution in [0.2, 0.25) is 0 Å². The molecule has 0 atom stereocenters. The van der Waals surface area contributed by atoms with E-state index in [9.17, 15) is 22.6 Å². The normalized spacial score (nSPS) is 11.7. The molecule has 0 bridgehead atoms. The number of unbranched alkanes of at least 4 members (excludes halogenated alkanes) is 24. The van der Waals surface area contributed by atoms with Crippen molar-refractivity contribution >= 4 is 22.1 Å². The van der Waals surface area contributed by atoms with Crippen LogP contribution < -0.4 is 51.4 Å². The van der Waals surface area contributed by atoms with Crippen LogP contribution in [0.15, 0.2) is 47.4 Å². The Kier molecular flexibility index (Phi) is 36.2. The Bertz CT molecular complexity index is 1210. The Morgan fingerprint density at radius 3 is 1.17 bits per heavy atom. The molecule has 0 aliphatic carbocycles. The van der Waals surface area contributed by atoms with Gasteiger partial charge in [-0.15, -0.1) is 0 Å². The maximum absolute atomic E-state index is 12.9. The summed E-state index contributed by atoms with van der Waals surface area (Å²) in [6, 6.07) is 3.13. The van der Waals surface area contributed by atoms with Crippen LogP contribution in [0.25, 0.3) is 0 Å². The monoisotopic (exact) mass is 784 g/mol. The summed E-state index contributed by atoms with van der Waals surface area (Å²) in [4.78, 5) is 25.2. The smallest absolute Gasteiger partial charge is 0.744 e. The van der Waals surface area contributed by atoms with E-state index in [2.05, 4.69) is 38.2 Å². The fourth-order valence-corrected chi connectivity index (χ4v) is 6.84. The topological polar surface area (TPSA) is 110 Å². The molecule has 298 valence electrons. The molecule has 0 saturated heterocycles. The van der Waals surface area contributed by atoms with Crippen molar-refractivity contribution in [3.05, 3.63) is 53.6 Å². The molecule has 0 spiro atoms. The average molecular weight is 785 g/mol. The third-order valence-electron chi connectivity index (χ3n) is 9.52. The first-order chi connectivity index (χ1) is 25.3. The average Bonchev–Trinajstić information content (AvgIpc) is 3.13. The number of esters is 2. The predicted molar refractivity (Wildman–Crippen MR) is 214 cm³/mol. The second kappa shape index (κ2) is 36.8. The van der Waals surface area contributed by atoms with E-state index < -0.39 is 27.0 Å². The Morgan fingerprint density at radius 2 is 0.830 bits per heavy atom. The molecule has 7 nitrogen and oxygen atoms in total. The molecule has 1 rings (SSSR count). The molecular weight excluding hydrogens is 712 g/mol. The number of carbonyl (C=O) groups is 2. The molecule has 0 unspecified atom stereocenters. The molecule has 1 aromatic carbocycles. The van der Waals surface area contributed by atoms with E-state index in [4.69, 9.17) is 9.47 Å². The predicted octanol–water partition coefficient (Wildman–Crippen LogP) is 9.98. The molecule has 0 aliphatic rings. The minimum absolute atomic E-state index is 0. The van der Waals surface area contributed by atoms with Gasteiger partial charge >= 0.3 is 63.3 Å². The first-order valence-electron chi connectivity index (χ1n) is 21.0. The van der Waals surface area contributed by atoms with Gasteiger partial charge in [-0.25, -0.2) is 18.0 Å². The van der Waals surface area contributed by atoms with Crippen molar-refractivity contribution in [2.45, 2.75) is 199 Å². The Hall–Kier alpha value is -0.814. The van der Waals surface area contributed by atoms with Gasteiger partial charge < -0.3 is 14.0 Å². The van der Waals surface area contributed by atoms with Gasteiger partial charge in [0.2, 0.25) is 0 Å². The van der Waals surface area contributed by atoms with Crippen LogP contribution in [0.5, 0.6) is 0 Å². The van der Waals surface area contributed by atoms with Crippen molar-refractivity contribution in [1.29, 1.82) is 0 Å². The molecule has 1 aromatic rings. The fourth-order valence-electron chi connectivity index (χ4n) is 6.34. The zero-order valence-electron chi connectivity index (χ0n) is 34.0. The van der Waals surface area contributed by atoms with Gasteiger partial charge in [0, 0.05) is 0 Å². The summed E-state index contributed by atoms with van der Waals surface area (Å²) in [5.41, 5.74) is -0.339. The minimum atomic E-state index is -4.81. The fraction of sp³-hybridized carbons (Fsp3) is 0.727. The van der Waals surface area contributed by atoms with Crippen molar-refractivity contribution in [2.24, 2.45) is 0 Å². The van der Waals surface area contributed by atoms with Crippen LogP contribution in [0.3, 0.4) is 0 Å². The van der Waals surface area contributed by atoms with Crippen molar-refractivity contribution < 1.29 is 83.4 Å². The molecule has 0 amide bonds. The van der Waals surface area contributed by atoms with Gasteiger partial charge in [0.15, 0.2) is 0 Å². The van der Waals surface area contributed by atoms with Crippen molar-refractivity contribution in [1.82, 2.24) is 0 Å². The molecule has 0 N–H and O–H groups in total. The van der Waals surface area contributed by atoms with Gasteiger partial charge in [-0.05, 0) is 69.6 Å². The van der Waals surface area contributed by atoms with Crippen LogP contribution in [0.4, 0.5) is 0 Å². The summed E-state index contributed by atoms with van der Waals surface area (Å²) in [5.74, 6) is -1.55. The second-order valence-corrected chi connectivity index (χ2v) is 15.6. The van der Waals surface area contributed by atoms with Crippen molar-refractivity contribution in [2.75, 3.05) is 13.2 Å². The maximum atomic E-state index is 12.9. The molecule has 0 radical (unpaired) electrons. The molecule has 0 fully saturated rings. The van der Waals surface area contributed by atoms with E-state index in [0.717, 1.165) is 63.5 Å². The van der Waals surface area contributed by atoms with Crippen LogP contribution in [-0.2, 0) is 19.6 Å². The number of hydrogen-bond donors (Lipinski definition) is 0. The summed E-state index contributed by atoms with van der Waals surface area (Å²) >= 11 is 0. The first-order valence-corrected chi connectivity index (χ1v) is 22.5. The van der Waals surface area contributed by atoms with Gasteiger partial charge in [0.1, 0.15) is 10.1 Å². The van der Waals surface area contributed by atoms with E-state index in [1.54, 1.807) is 0 Å². The SMILES string of the molecule is CC/C=C/CCCCCCCCCCCCCCOC(=O)c1ccc(S(=O)(=O)[O-])cc1C(=O)OCCCCCCCCCCCCCC/C=C/CC.[K+]. The van der Waals surface area contributed by atoms with Crippen molar-refractivity contribution in [3.8, 4) is 0 Å². The second-order valence-electron chi connectivity index (χ2n) is 14.3. The molecule has 0 aromatic heterocycles. The molecular formula is C44H73KO7S. The quantitative estimate of drug-likeness (QED) is 0.0222. The van der Waals surface area contributed by atoms with Gasteiger partial charge in [-0.1, -0.05) is 167 Å². The first kappa shape index (κ1) is 52.2. The summed E-state index contributed by atoms with van der Waals surface area (Å²) in [6.45, 7) is 4.71. The zero-order valence-corrected chi connectivity index (χ0v) is 38.0. The standard InChI is InChI=1S/C44H74O7S.K/c1-3-5-7-9-11-13-15-17-19-21-23-25-27-29-31-33-37-50-43(45)41-36-35-40(52(47,48)49)39-42(41)44(46)51-38-34-32-30-28-26-24-22-20-18-16-14-12-10-8-6-4-2;/h5-8,35-36,39H,3-4,9-34,37-38H2,1-2H3,(H,47,48,49);/q;+1/p-1/b7-5+,8-6+;. The number of rotatable bonds is 35. The van der Waals surface area contributed by atoms with E-state index in [1.807, 2.05) is 0 Å². The van der Waals surface area contributed by atoms with Crippen LogP contribution in [0.1, 0.15) is 214 Å². The summed E-state index contributed by atoms with van der Waals surface area (Å²) in [5, 5.41) is 0. The molecule has 0 heterocycles. The Labute approximate surface area is 367 Å². The largest absolute Gasteiger partial charge is 1.00 e. The number of allylic oxidation sites excluding steroid dienone is 4. The van der Waals surface area contributed by atoms with E-state index in [1.165, 1.54) is 122 Å². The molecule has 0 aliphatic heterocycles. The number of benzene rings is 1. The Balaban J connectivity index is 0.0000270. The van der Waals surface area contributed by atoms with Crippen LogP contribution >= 0.6 is 0 Å². The molecule has 0 saturated carbocycles. The van der Waals surface area contributed by atoms with E-state index in [0.29, 0.717) is 12.8 Å². The maximum Gasteiger partial charge on any atom is 1.00 e. The summed E-state index contributed by atoms with van der Waals surface area (Å²) in [7, 11) is -4.81. The van der Waals surface area contributed by atoms with Gasteiger partial charge in [0.05, 0.1) is 29.2 Å².